The van der Waals surface area contributed by atoms with Gasteiger partial charge in [-0.05, 0) is 120 Å². The van der Waals surface area contributed by atoms with Gasteiger partial charge in [0.1, 0.15) is 0 Å². The van der Waals surface area contributed by atoms with Gasteiger partial charge in [-0.25, -0.2) is 0 Å². The topological polar surface area (TPSA) is 0 Å². The van der Waals surface area contributed by atoms with Gasteiger partial charge in [0.2, 0.25) is 0 Å². The van der Waals surface area contributed by atoms with Crippen molar-refractivity contribution in [3.05, 3.63) is 234 Å². The van der Waals surface area contributed by atoms with Crippen molar-refractivity contribution in [2.45, 2.75) is 27.7 Å². The number of fused-ring (bicyclic) bond motifs is 5. The van der Waals surface area contributed by atoms with E-state index in [0.717, 1.165) is 11.1 Å². The minimum atomic E-state index is -0.239. The van der Waals surface area contributed by atoms with Crippen LogP contribution >= 0.6 is 0 Å². The molecule has 0 aromatic heterocycles. The molecular formula is C55H46. The molecule has 0 saturated carbocycles. The van der Waals surface area contributed by atoms with Crippen LogP contribution in [0.25, 0.3) is 61.4 Å². The normalized spacial score (nSPS) is 20.0. The van der Waals surface area contributed by atoms with E-state index in [1.807, 2.05) is 12.2 Å². The van der Waals surface area contributed by atoms with E-state index in [-0.39, 0.29) is 5.41 Å². The number of benzene rings is 5. The summed E-state index contributed by atoms with van der Waals surface area (Å²) >= 11 is 0. The average Bonchev–Trinajstić information content (AvgIpc) is 3.62. The van der Waals surface area contributed by atoms with E-state index in [2.05, 4.69) is 211 Å². The Hall–Kier alpha value is -6.50. The van der Waals surface area contributed by atoms with Gasteiger partial charge >= 0.3 is 0 Å². The first-order valence-corrected chi connectivity index (χ1v) is 19.3. The molecule has 0 amide bonds. The highest BCUT2D eigenvalue weighted by molar-refractivity contribution is 6.22. The van der Waals surface area contributed by atoms with Gasteiger partial charge in [-0.2, -0.15) is 0 Å². The molecule has 0 heteroatoms. The molecule has 0 atom stereocenters. The van der Waals surface area contributed by atoms with Crippen LogP contribution in [0.2, 0.25) is 0 Å². The summed E-state index contributed by atoms with van der Waals surface area (Å²) in [5, 5.41) is 2.49. The van der Waals surface area contributed by atoms with Crippen molar-refractivity contribution >= 4 is 28.0 Å². The molecule has 3 aliphatic carbocycles. The van der Waals surface area contributed by atoms with Crippen molar-refractivity contribution in [2.24, 2.45) is 5.41 Å². The second kappa shape index (κ2) is 14.7. The molecule has 0 aliphatic heterocycles. The minimum absolute atomic E-state index is 0.239. The van der Waals surface area contributed by atoms with Crippen LogP contribution in [0.15, 0.2) is 212 Å². The summed E-state index contributed by atoms with van der Waals surface area (Å²) in [6.45, 7) is 17.1. The Morgan fingerprint density at radius 1 is 0.600 bits per heavy atom. The predicted molar refractivity (Wildman–Crippen MR) is 240 cm³/mol. The first-order valence-electron chi connectivity index (χ1n) is 19.3. The molecule has 0 N–H and O–H groups in total. The van der Waals surface area contributed by atoms with Gasteiger partial charge in [-0.15, -0.1) is 0 Å². The molecule has 5 aromatic carbocycles. The molecule has 5 aromatic rings. The summed E-state index contributed by atoms with van der Waals surface area (Å²) in [7, 11) is 0. The Labute approximate surface area is 327 Å². The molecule has 0 nitrogen and oxygen atoms in total. The van der Waals surface area contributed by atoms with E-state index in [1.165, 1.54) is 88.7 Å². The molecule has 55 heavy (non-hydrogen) atoms. The molecule has 0 saturated heterocycles. The van der Waals surface area contributed by atoms with E-state index >= 15 is 0 Å². The van der Waals surface area contributed by atoms with Crippen LogP contribution < -0.4 is 0 Å². The SMILES string of the molecule is C=C/C=C(\C=C/C)c1ccc(-c2c3c(c(-c4ccccc4)c4ccccc24)/C2=C/C=C/C=C\C=C4\C(/C=C\C)=C(C=C)C(C)(C)\C4=C\c4cccc-3c42)cc1. The summed E-state index contributed by atoms with van der Waals surface area (Å²) < 4.78 is 0. The van der Waals surface area contributed by atoms with E-state index < -0.39 is 0 Å². The molecule has 8 rings (SSSR count). The highest BCUT2D eigenvalue weighted by Gasteiger charge is 2.39. The fraction of sp³-hybridized carbons (Fsp3) is 0.0909. The van der Waals surface area contributed by atoms with Gasteiger partial charge in [0.25, 0.3) is 0 Å². The monoisotopic (exact) mass is 706 g/mol. The first-order chi connectivity index (χ1) is 26.9. The van der Waals surface area contributed by atoms with Crippen molar-refractivity contribution in [3.8, 4) is 33.4 Å². The highest BCUT2D eigenvalue weighted by atomic mass is 14.4. The van der Waals surface area contributed by atoms with Gasteiger partial charge < -0.3 is 0 Å². The number of rotatable bonds is 7. The van der Waals surface area contributed by atoms with Crippen LogP contribution in [-0.2, 0) is 0 Å². The lowest BCUT2D eigenvalue weighted by atomic mass is 9.79. The van der Waals surface area contributed by atoms with E-state index in [1.54, 1.807) is 0 Å². The second-order valence-corrected chi connectivity index (χ2v) is 14.8. The van der Waals surface area contributed by atoms with Crippen LogP contribution in [0.1, 0.15) is 49.9 Å². The lowest BCUT2D eigenvalue weighted by Crippen LogP contribution is -2.12. The lowest BCUT2D eigenvalue weighted by molar-refractivity contribution is 0.582. The van der Waals surface area contributed by atoms with Crippen LogP contribution in [0.5, 0.6) is 0 Å². The summed E-state index contributed by atoms with van der Waals surface area (Å²) in [5.41, 5.74) is 19.5. The predicted octanol–water partition coefficient (Wildman–Crippen LogP) is 15.3. The quantitative estimate of drug-likeness (QED) is 0.145. The number of allylic oxidation sites excluding steroid dienone is 18. The van der Waals surface area contributed by atoms with E-state index in [9.17, 15) is 0 Å². The van der Waals surface area contributed by atoms with Gasteiger partial charge in [-0.3, -0.25) is 0 Å². The van der Waals surface area contributed by atoms with Gasteiger partial charge in [0, 0.05) is 5.41 Å². The summed E-state index contributed by atoms with van der Waals surface area (Å²) in [5.74, 6) is 0. The second-order valence-electron chi connectivity index (χ2n) is 14.8. The highest BCUT2D eigenvalue weighted by Crippen LogP contribution is 2.58. The smallest absolute Gasteiger partial charge is 0.0158 e. The van der Waals surface area contributed by atoms with Crippen LogP contribution in [0.3, 0.4) is 0 Å². The average molecular weight is 707 g/mol. The zero-order valence-corrected chi connectivity index (χ0v) is 32.2. The largest absolute Gasteiger partial charge is 0.0990 e. The molecule has 266 valence electrons. The molecule has 0 fully saturated rings. The number of hydrogen-bond acceptors (Lipinski definition) is 0. The molecule has 0 heterocycles. The summed E-state index contributed by atoms with van der Waals surface area (Å²) in [4.78, 5) is 0. The van der Waals surface area contributed by atoms with Crippen molar-refractivity contribution in [1.29, 1.82) is 0 Å². The third-order valence-electron chi connectivity index (χ3n) is 11.2. The zero-order valence-electron chi connectivity index (χ0n) is 32.2. The Morgan fingerprint density at radius 3 is 1.91 bits per heavy atom. The van der Waals surface area contributed by atoms with Gasteiger partial charge in [-0.1, -0.05) is 203 Å². The van der Waals surface area contributed by atoms with Gasteiger partial charge in [0.15, 0.2) is 0 Å². The Bertz CT molecular complexity index is 2660. The van der Waals surface area contributed by atoms with Crippen LogP contribution in [0, 0.1) is 5.41 Å². The Balaban J connectivity index is 1.49. The standard InChI is InChI=1S/C55H46/c1-7-21-37(22-8-2)38-32-34-40(35-33-38)52-45-29-19-18-28-44(45)51(39-24-14-13-15-25-39)53-46-30-17-12-11-16-27-43-42(23-9-3)48(10-4)55(5,6)49(43)36-41-26-20-31-47(50(41)46)54(52)53/h7-36H,1,4H2,2-3,5-6H3/b12-11?,16-11-,17-12+,22-8-,23-9-,27-16?,30-17?,37-21+,41-36?,43-27-,46-30+,49-36+. The number of hydrogen-bond donors (Lipinski definition) is 0. The van der Waals surface area contributed by atoms with Crippen molar-refractivity contribution in [1.82, 2.24) is 0 Å². The maximum atomic E-state index is 4.29. The van der Waals surface area contributed by atoms with Crippen molar-refractivity contribution in [3.63, 3.8) is 0 Å². The summed E-state index contributed by atoms with van der Waals surface area (Å²) in [6, 6.07) is 35.9. The Morgan fingerprint density at radius 2 is 1.25 bits per heavy atom. The van der Waals surface area contributed by atoms with E-state index in [0.29, 0.717) is 0 Å². The zero-order chi connectivity index (χ0) is 38.1. The van der Waals surface area contributed by atoms with Crippen molar-refractivity contribution < 1.29 is 0 Å². The van der Waals surface area contributed by atoms with E-state index in [4.69, 9.17) is 0 Å². The third-order valence-corrected chi connectivity index (χ3v) is 11.2. The fourth-order valence-corrected chi connectivity index (χ4v) is 8.90. The fourth-order valence-electron chi connectivity index (χ4n) is 8.90. The first kappa shape index (κ1) is 35.5. The van der Waals surface area contributed by atoms with Crippen LogP contribution in [-0.4, -0.2) is 0 Å². The Kier molecular flexibility index (Phi) is 9.51. The minimum Gasteiger partial charge on any atom is -0.0990 e. The van der Waals surface area contributed by atoms with Crippen LogP contribution in [0.4, 0.5) is 0 Å². The maximum Gasteiger partial charge on any atom is 0.0158 e. The molecule has 0 radical (unpaired) electrons. The molecule has 0 bridgehead atoms. The third kappa shape index (κ3) is 5.96. The van der Waals surface area contributed by atoms with Gasteiger partial charge in [0.05, 0.1) is 0 Å². The maximum absolute atomic E-state index is 4.29. The molecule has 0 spiro atoms. The molecular weight excluding hydrogens is 661 g/mol. The molecule has 3 aliphatic rings. The lowest BCUT2D eigenvalue weighted by Gasteiger charge is -2.24. The van der Waals surface area contributed by atoms with Crippen molar-refractivity contribution in [2.75, 3.05) is 0 Å². The molecule has 0 unspecified atom stereocenters. The summed E-state index contributed by atoms with van der Waals surface area (Å²) in [6.07, 6.45) is 30.3.